The Morgan fingerprint density at radius 3 is 2.69 bits per heavy atom. The lowest BCUT2D eigenvalue weighted by atomic mass is 10.2. The van der Waals surface area contributed by atoms with Crippen LogP contribution in [-0.4, -0.2) is 31.6 Å². The van der Waals surface area contributed by atoms with Crippen molar-refractivity contribution in [2.75, 3.05) is 5.75 Å². The summed E-state index contributed by atoms with van der Waals surface area (Å²) in [5, 5.41) is 17.5. The molecule has 0 aromatic carbocycles. The molecule has 0 amide bonds. The molecule has 0 fully saturated rings. The molecule has 0 radical (unpaired) electrons. The molecule has 0 spiro atoms. The molecule has 5 nitrogen and oxygen atoms in total. The minimum absolute atomic E-state index is 0.0261. The Bertz CT molecular complexity index is 365. The number of carboxylic acids is 1. The highest BCUT2D eigenvalue weighted by Crippen LogP contribution is 2.23. The van der Waals surface area contributed by atoms with E-state index in [1.807, 2.05) is 11.5 Å². The van der Waals surface area contributed by atoms with Gasteiger partial charge in [0.25, 0.3) is 0 Å². The smallest absolute Gasteiger partial charge is 0.313 e. The number of carboxylic acid groups (broad SMARTS) is 1. The van der Waals surface area contributed by atoms with Gasteiger partial charge in [0.15, 0.2) is 5.16 Å². The summed E-state index contributed by atoms with van der Waals surface area (Å²) in [6.07, 6.45) is 1.79. The van der Waals surface area contributed by atoms with Crippen molar-refractivity contribution in [3.63, 3.8) is 0 Å². The lowest BCUT2D eigenvalue weighted by Crippen LogP contribution is -2.10. The Morgan fingerprint density at radius 1 is 1.50 bits per heavy atom. The summed E-state index contributed by atoms with van der Waals surface area (Å²) in [7, 11) is 0. The number of nitrogens with zero attached hydrogens (tertiary/aromatic N) is 3. The van der Waals surface area contributed by atoms with E-state index in [0.29, 0.717) is 11.2 Å². The number of thioether (sulfide) groups is 1. The van der Waals surface area contributed by atoms with Gasteiger partial charge >= 0.3 is 5.97 Å². The van der Waals surface area contributed by atoms with Crippen LogP contribution < -0.4 is 0 Å². The van der Waals surface area contributed by atoms with Crippen molar-refractivity contribution in [3.8, 4) is 0 Å². The molecular weight excluding hydrogens is 226 g/mol. The second-order valence-electron chi connectivity index (χ2n) is 3.56. The van der Waals surface area contributed by atoms with Crippen LogP contribution in [0.2, 0.25) is 0 Å². The zero-order valence-electron chi connectivity index (χ0n) is 9.80. The lowest BCUT2D eigenvalue weighted by molar-refractivity contribution is -0.133. The van der Waals surface area contributed by atoms with Crippen LogP contribution in [0.25, 0.3) is 0 Å². The summed E-state index contributed by atoms with van der Waals surface area (Å²) < 4.78 is 2.04. The van der Waals surface area contributed by atoms with E-state index in [0.717, 1.165) is 18.7 Å². The first kappa shape index (κ1) is 13.0. The molecule has 0 aliphatic carbocycles. The molecule has 0 aliphatic rings. The van der Waals surface area contributed by atoms with Gasteiger partial charge in [0.2, 0.25) is 0 Å². The summed E-state index contributed by atoms with van der Waals surface area (Å²) in [5.41, 5.74) is 0. The van der Waals surface area contributed by atoms with E-state index in [2.05, 4.69) is 24.0 Å². The molecule has 6 heteroatoms. The fourth-order valence-corrected chi connectivity index (χ4v) is 2.17. The van der Waals surface area contributed by atoms with Crippen LogP contribution >= 0.6 is 11.8 Å². The maximum atomic E-state index is 10.5. The number of aromatic nitrogens is 3. The van der Waals surface area contributed by atoms with E-state index in [-0.39, 0.29) is 5.75 Å². The summed E-state index contributed by atoms with van der Waals surface area (Å²) in [4.78, 5) is 10.5. The minimum atomic E-state index is -0.832. The first-order chi connectivity index (χ1) is 7.60. The van der Waals surface area contributed by atoms with Crippen LogP contribution in [-0.2, 0) is 11.2 Å². The highest BCUT2D eigenvalue weighted by Gasteiger charge is 2.16. The Kier molecular flexibility index (Phi) is 4.79. The number of carbonyl (C=O) groups is 1. The number of aliphatic carboxylic acids is 1. The van der Waals surface area contributed by atoms with Gasteiger partial charge in [-0.1, -0.05) is 25.6 Å². The molecule has 0 saturated carbocycles. The zero-order chi connectivity index (χ0) is 12.1. The fraction of sp³-hybridized carbons (Fsp3) is 0.700. The van der Waals surface area contributed by atoms with Crippen LogP contribution in [0.15, 0.2) is 5.16 Å². The predicted molar refractivity (Wildman–Crippen MR) is 62.8 cm³/mol. The van der Waals surface area contributed by atoms with Gasteiger partial charge in [-0.05, 0) is 13.3 Å². The molecule has 1 rings (SSSR count). The Morgan fingerprint density at radius 2 is 2.19 bits per heavy atom. The van der Waals surface area contributed by atoms with E-state index < -0.39 is 5.97 Å². The van der Waals surface area contributed by atoms with Crippen molar-refractivity contribution in [1.29, 1.82) is 0 Å². The molecule has 0 bridgehead atoms. The first-order valence-corrected chi connectivity index (χ1v) is 6.37. The molecule has 90 valence electrons. The molecule has 1 unspecified atom stereocenters. The van der Waals surface area contributed by atoms with Crippen LogP contribution in [0.3, 0.4) is 0 Å². The molecule has 0 aliphatic heterocycles. The molecule has 1 aromatic rings. The van der Waals surface area contributed by atoms with Crippen molar-refractivity contribution in [3.05, 3.63) is 5.82 Å². The van der Waals surface area contributed by atoms with Crippen molar-refractivity contribution >= 4 is 17.7 Å². The van der Waals surface area contributed by atoms with E-state index >= 15 is 0 Å². The molecule has 1 atom stereocenters. The third-order valence-corrected chi connectivity index (χ3v) is 3.34. The molecule has 1 N–H and O–H groups in total. The summed E-state index contributed by atoms with van der Waals surface area (Å²) in [6.45, 7) is 6.21. The van der Waals surface area contributed by atoms with E-state index in [4.69, 9.17) is 5.11 Å². The van der Waals surface area contributed by atoms with Crippen LogP contribution in [0.1, 0.15) is 39.1 Å². The van der Waals surface area contributed by atoms with E-state index in [1.165, 1.54) is 11.8 Å². The Labute approximate surface area is 99.3 Å². The molecular formula is C10H17N3O2S. The van der Waals surface area contributed by atoms with Gasteiger partial charge in [-0.2, -0.15) is 0 Å². The average Bonchev–Trinajstić information content (AvgIpc) is 2.68. The SMILES string of the molecule is CCc1nnc(SCC(=O)O)n1C(C)CC. The monoisotopic (exact) mass is 243 g/mol. The average molecular weight is 243 g/mol. The standard InChI is InChI=1S/C10H17N3O2S/c1-4-7(3)13-8(5-2)11-12-10(13)16-6-9(14)15/h7H,4-6H2,1-3H3,(H,14,15). The zero-order valence-corrected chi connectivity index (χ0v) is 10.6. The molecule has 1 aromatic heterocycles. The van der Waals surface area contributed by atoms with Gasteiger partial charge < -0.3 is 9.67 Å². The maximum absolute atomic E-state index is 10.5. The van der Waals surface area contributed by atoms with Crippen molar-refractivity contribution in [2.24, 2.45) is 0 Å². The molecule has 16 heavy (non-hydrogen) atoms. The van der Waals surface area contributed by atoms with Crippen LogP contribution in [0.4, 0.5) is 0 Å². The third kappa shape index (κ3) is 2.98. The van der Waals surface area contributed by atoms with E-state index in [9.17, 15) is 4.79 Å². The van der Waals surface area contributed by atoms with Crippen LogP contribution in [0, 0.1) is 0 Å². The Balaban J connectivity index is 2.90. The second kappa shape index (κ2) is 5.89. The minimum Gasteiger partial charge on any atom is -0.481 e. The largest absolute Gasteiger partial charge is 0.481 e. The summed E-state index contributed by atoms with van der Waals surface area (Å²) in [6, 6.07) is 0.307. The van der Waals surface area contributed by atoms with Crippen LogP contribution in [0.5, 0.6) is 0 Å². The van der Waals surface area contributed by atoms with Gasteiger partial charge in [0, 0.05) is 12.5 Å². The summed E-state index contributed by atoms with van der Waals surface area (Å²) in [5.74, 6) is 0.113. The lowest BCUT2D eigenvalue weighted by Gasteiger charge is -2.15. The molecule has 1 heterocycles. The van der Waals surface area contributed by atoms with Gasteiger partial charge in [-0.3, -0.25) is 4.79 Å². The fourth-order valence-electron chi connectivity index (χ4n) is 1.40. The van der Waals surface area contributed by atoms with Crippen molar-refractivity contribution in [2.45, 2.75) is 44.8 Å². The number of hydrogen-bond acceptors (Lipinski definition) is 4. The van der Waals surface area contributed by atoms with Gasteiger partial charge in [0.05, 0.1) is 5.75 Å². The number of rotatable bonds is 6. The quantitative estimate of drug-likeness (QED) is 0.774. The van der Waals surface area contributed by atoms with E-state index in [1.54, 1.807) is 0 Å². The highest BCUT2D eigenvalue weighted by atomic mass is 32.2. The molecule has 0 saturated heterocycles. The van der Waals surface area contributed by atoms with Gasteiger partial charge in [-0.25, -0.2) is 0 Å². The Hall–Kier alpha value is -1.04. The second-order valence-corrected chi connectivity index (χ2v) is 4.50. The normalized spacial score (nSPS) is 12.7. The topological polar surface area (TPSA) is 68.0 Å². The van der Waals surface area contributed by atoms with Gasteiger partial charge in [0.1, 0.15) is 5.82 Å². The first-order valence-electron chi connectivity index (χ1n) is 5.38. The third-order valence-electron chi connectivity index (χ3n) is 2.41. The predicted octanol–water partition coefficient (Wildman–Crippen LogP) is 1.99. The summed E-state index contributed by atoms with van der Waals surface area (Å²) >= 11 is 1.22. The van der Waals surface area contributed by atoms with Crippen molar-refractivity contribution in [1.82, 2.24) is 14.8 Å². The van der Waals surface area contributed by atoms with Gasteiger partial charge in [-0.15, -0.1) is 10.2 Å². The maximum Gasteiger partial charge on any atom is 0.313 e. The highest BCUT2D eigenvalue weighted by molar-refractivity contribution is 7.99. The van der Waals surface area contributed by atoms with Crippen molar-refractivity contribution < 1.29 is 9.90 Å². The number of hydrogen-bond donors (Lipinski definition) is 1. The number of aryl methyl sites for hydroxylation is 1.